The standard InChI is InChI=1S/C27H32N6O3/c1-19-25(20(2)33(30-19)23-6-4-3-5-7-23)26-27(35)28-12-13-32(26)18-24(34)29-21-8-10-22(11-9-21)31-14-16-36-17-15-31/h3-11,26H,12-18H2,1-2H3,(H,28,35)(H,29,34)/t26-/m1/s1. The average molecular weight is 489 g/mol. The Labute approximate surface area is 211 Å². The Morgan fingerprint density at radius 2 is 1.75 bits per heavy atom. The number of ether oxygens (including phenoxy) is 1. The largest absolute Gasteiger partial charge is 0.378 e. The predicted molar refractivity (Wildman–Crippen MR) is 138 cm³/mol. The molecule has 0 spiro atoms. The van der Waals surface area contributed by atoms with Crippen LogP contribution in [0.3, 0.4) is 0 Å². The molecule has 0 saturated carbocycles. The molecular formula is C27H32N6O3. The van der Waals surface area contributed by atoms with Gasteiger partial charge in [0.15, 0.2) is 0 Å². The fraction of sp³-hybridized carbons (Fsp3) is 0.370. The molecule has 0 aliphatic carbocycles. The Hall–Kier alpha value is -3.69. The summed E-state index contributed by atoms with van der Waals surface area (Å²) in [6.45, 7) is 8.26. The lowest BCUT2D eigenvalue weighted by Crippen LogP contribution is -2.52. The summed E-state index contributed by atoms with van der Waals surface area (Å²) in [5, 5.41) is 10.7. The van der Waals surface area contributed by atoms with Gasteiger partial charge in [0.1, 0.15) is 6.04 Å². The topological polar surface area (TPSA) is 91.7 Å². The molecule has 5 rings (SSSR count). The summed E-state index contributed by atoms with van der Waals surface area (Å²) in [5.41, 5.74) is 5.31. The minimum absolute atomic E-state index is 0.109. The van der Waals surface area contributed by atoms with Gasteiger partial charge in [-0.3, -0.25) is 14.5 Å². The zero-order chi connectivity index (χ0) is 25.1. The quantitative estimate of drug-likeness (QED) is 0.554. The third-order valence-corrected chi connectivity index (χ3v) is 6.81. The third-order valence-electron chi connectivity index (χ3n) is 6.81. The first kappa shape index (κ1) is 24.0. The van der Waals surface area contributed by atoms with E-state index in [1.165, 1.54) is 0 Å². The van der Waals surface area contributed by atoms with Crippen molar-refractivity contribution in [2.45, 2.75) is 19.9 Å². The van der Waals surface area contributed by atoms with Crippen LogP contribution >= 0.6 is 0 Å². The fourth-order valence-corrected chi connectivity index (χ4v) is 5.03. The van der Waals surface area contributed by atoms with Crippen LogP contribution in [0.1, 0.15) is 23.0 Å². The molecule has 2 saturated heterocycles. The van der Waals surface area contributed by atoms with Crippen molar-refractivity contribution < 1.29 is 14.3 Å². The summed E-state index contributed by atoms with van der Waals surface area (Å²) in [6.07, 6.45) is 0. The van der Waals surface area contributed by atoms with Gasteiger partial charge in [-0.25, -0.2) is 4.68 Å². The molecule has 0 unspecified atom stereocenters. The second-order valence-corrected chi connectivity index (χ2v) is 9.19. The molecule has 3 heterocycles. The Balaban J connectivity index is 1.31. The normalized spacial score (nSPS) is 18.7. The van der Waals surface area contributed by atoms with E-state index in [-0.39, 0.29) is 18.4 Å². The highest BCUT2D eigenvalue weighted by atomic mass is 16.5. The number of carbonyl (C=O) groups excluding carboxylic acids is 2. The van der Waals surface area contributed by atoms with E-state index in [0.717, 1.165) is 60.3 Å². The van der Waals surface area contributed by atoms with Gasteiger partial charge in [0.05, 0.1) is 31.1 Å². The molecule has 2 fully saturated rings. The van der Waals surface area contributed by atoms with Crippen LogP contribution in [-0.4, -0.2) is 72.4 Å². The summed E-state index contributed by atoms with van der Waals surface area (Å²) in [7, 11) is 0. The van der Waals surface area contributed by atoms with Crippen LogP contribution in [0.25, 0.3) is 5.69 Å². The first-order valence-corrected chi connectivity index (χ1v) is 12.4. The van der Waals surface area contributed by atoms with Crippen molar-refractivity contribution >= 4 is 23.2 Å². The van der Waals surface area contributed by atoms with Crippen molar-refractivity contribution in [3.63, 3.8) is 0 Å². The maximum absolute atomic E-state index is 13.0. The summed E-state index contributed by atoms with van der Waals surface area (Å²) in [5.74, 6) is -0.262. The lowest BCUT2D eigenvalue weighted by molar-refractivity contribution is -0.130. The number of aromatic nitrogens is 2. The van der Waals surface area contributed by atoms with Crippen LogP contribution in [0.2, 0.25) is 0 Å². The number of para-hydroxylation sites is 1. The Kier molecular flexibility index (Phi) is 7.02. The zero-order valence-electron chi connectivity index (χ0n) is 20.7. The number of rotatable bonds is 6. The second kappa shape index (κ2) is 10.5. The number of nitrogens with one attached hydrogen (secondary N) is 2. The molecule has 2 amide bonds. The van der Waals surface area contributed by atoms with Crippen molar-refractivity contribution in [1.82, 2.24) is 20.0 Å². The van der Waals surface area contributed by atoms with Gasteiger partial charge in [0, 0.05) is 48.8 Å². The van der Waals surface area contributed by atoms with Gasteiger partial charge in [0.25, 0.3) is 0 Å². The monoisotopic (exact) mass is 488 g/mol. The number of nitrogens with zero attached hydrogens (tertiary/aromatic N) is 4. The van der Waals surface area contributed by atoms with Crippen molar-refractivity contribution in [3.05, 3.63) is 71.5 Å². The number of morpholine rings is 1. The number of hydrogen-bond donors (Lipinski definition) is 2. The van der Waals surface area contributed by atoms with Gasteiger partial charge in [-0.15, -0.1) is 0 Å². The molecule has 188 valence electrons. The number of hydrogen-bond acceptors (Lipinski definition) is 6. The molecule has 1 atom stereocenters. The van der Waals surface area contributed by atoms with Gasteiger partial charge in [0.2, 0.25) is 11.8 Å². The minimum Gasteiger partial charge on any atom is -0.378 e. The average Bonchev–Trinajstić information content (AvgIpc) is 3.19. The van der Waals surface area contributed by atoms with Crippen LogP contribution < -0.4 is 15.5 Å². The highest BCUT2D eigenvalue weighted by Crippen LogP contribution is 2.30. The maximum Gasteiger partial charge on any atom is 0.242 e. The third kappa shape index (κ3) is 4.98. The van der Waals surface area contributed by atoms with E-state index in [4.69, 9.17) is 9.84 Å². The highest BCUT2D eigenvalue weighted by molar-refractivity contribution is 5.93. The zero-order valence-corrected chi connectivity index (χ0v) is 20.7. The molecule has 3 aromatic rings. The van der Waals surface area contributed by atoms with Crippen molar-refractivity contribution in [2.24, 2.45) is 0 Å². The molecule has 36 heavy (non-hydrogen) atoms. The van der Waals surface area contributed by atoms with Crippen molar-refractivity contribution in [2.75, 3.05) is 56.2 Å². The van der Waals surface area contributed by atoms with E-state index in [9.17, 15) is 9.59 Å². The molecule has 2 aromatic carbocycles. The molecule has 9 heteroatoms. The van der Waals surface area contributed by atoms with Crippen LogP contribution in [-0.2, 0) is 14.3 Å². The molecule has 2 aliphatic rings. The number of aryl methyl sites for hydroxylation is 1. The first-order valence-electron chi connectivity index (χ1n) is 12.4. The fourth-order valence-electron chi connectivity index (χ4n) is 5.03. The molecule has 0 bridgehead atoms. The number of piperazine rings is 1. The SMILES string of the molecule is Cc1nn(-c2ccccc2)c(C)c1[C@@H]1C(=O)NCCN1CC(=O)Nc1ccc(N2CCOCC2)cc1. The van der Waals surface area contributed by atoms with Gasteiger partial charge in [-0.05, 0) is 50.2 Å². The van der Waals surface area contributed by atoms with Crippen molar-refractivity contribution in [1.29, 1.82) is 0 Å². The van der Waals surface area contributed by atoms with Crippen molar-refractivity contribution in [3.8, 4) is 5.69 Å². The predicted octanol–water partition coefficient (Wildman–Crippen LogP) is 2.44. The van der Waals surface area contributed by atoms with E-state index in [0.29, 0.717) is 13.1 Å². The highest BCUT2D eigenvalue weighted by Gasteiger charge is 2.36. The number of carbonyl (C=O) groups is 2. The van der Waals surface area contributed by atoms with Crippen LogP contribution in [0.5, 0.6) is 0 Å². The molecule has 1 aromatic heterocycles. The number of amides is 2. The maximum atomic E-state index is 13.0. The Morgan fingerprint density at radius 1 is 1.03 bits per heavy atom. The summed E-state index contributed by atoms with van der Waals surface area (Å²) < 4.78 is 7.28. The van der Waals surface area contributed by atoms with Gasteiger partial charge in [-0.1, -0.05) is 18.2 Å². The van der Waals surface area contributed by atoms with Crippen LogP contribution in [0.15, 0.2) is 54.6 Å². The first-order chi connectivity index (χ1) is 17.5. The Morgan fingerprint density at radius 3 is 2.47 bits per heavy atom. The van der Waals surface area contributed by atoms with E-state index >= 15 is 0 Å². The summed E-state index contributed by atoms with van der Waals surface area (Å²) >= 11 is 0. The van der Waals surface area contributed by atoms with Gasteiger partial charge in [-0.2, -0.15) is 5.10 Å². The molecule has 2 aliphatic heterocycles. The van der Waals surface area contributed by atoms with Gasteiger partial charge < -0.3 is 20.3 Å². The lowest BCUT2D eigenvalue weighted by Gasteiger charge is -2.34. The van der Waals surface area contributed by atoms with Gasteiger partial charge >= 0.3 is 0 Å². The molecule has 2 N–H and O–H groups in total. The summed E-state index contributed by atoms with van der Waals surface area (Å²) in [6, 6.07) is 17.1. The molecule has 9 nitrogen and oxygen atoms in total. The number of benzene rings is 2. The van der Waals surface area contributed by atoms with E-state index in [2.05, 4.69) is 15.5 Å². The van der Waals surface area contributed by atoms with E-state index in [1.54, 1.807) is 0 Å². The lowest BCUT2D eigenvalue weighted by atomic mass is 10.00. The van der Waals surface area contributed by atoms with E-state index < -0.39 is 6.04 Å². The summed E-state index contributed by atoms with van der Waals surface area (Å²) in [4.78, 5) is 30.3. The smallest absolute Gasteiger partial charge is 0.242 e. The Bertz CT molecular complexity index is 1220. The minimum atomic E-state index is -0.578. The molecular weight excluding hydrogens is 456 g/mol. The number of anilines is 2. The van der Waals surface area contributed by atoms with E-state index in [1.807, 2.05) is 78.0 Å². The molecule has 0 radical (unpaired) electrons. The van der Waals surface area contributed by atoms with Crippen LogP contribution in [0.4, 0.5) is 11.4 Å². The second-order valence-electron chi connectivity index (χ2n) is 9.19. The van der Waals surface area contributed by atoms with Crippen LogP contribution in [0, 0.1) is 13.8 Å².